The molecule has 3 rings (SSSR count). The summed E-state index contributed by atoms with van der Waals surface area (Å²) in [5.41, 5.74) is 1.11. The maximum absolute atomic E-state index is 12.7. The van der Waals surface area contributed by atoms with E-state index in [9.17, 15) is 9.59 Å². The van der Waals surface area contributed by atoms with Crippen molar-refractivity contribution in [3.63, 3.8) is 0 Å². The van der Waals surface area contributed by atoms with Crippen molar-refractivity contribution in [2.45, 2.75) is 46.5 Å². The Kier molecular flexibility index (Phi) is 6.26. The number of nitrogens with zero attached hydrogens (tertiary/aromatic N) is 3. The Labute approximate surface area is 163 Å². The van der Waals surface area contributed by atoms with Crippen LogP contribution in [0.1, 0.15) is 63.8 Å². The van der Waals surface area contributed by atoms with Crippen molar-refractivity contribution in [1.82, 2.24) is 20.2 Å². The van der Waals surface area contributed by atoms with Crippen molar-refractivity contribution in [2.24, 2.45) is 5.92 Å². The van der Waals surface area contributed by atoms with Crippen molar-refractivity contribution in [1.29, 1.82) is 0 Å². The SMILES string of the molecule is CCCc1nc(C(=O)NCC2CCCN(C(=O)c3oc(C)nc3C)C2)cs1. The first-order chi connectivity index (χ1) is 13.0. The van der Waals surface area contributed by atoms with Crippen LogP contribution in [-0.4, -0.2) is 46.3 Å². The van der Waals surface area contributed by atoms with Gasteiger partial charge in [0.2, 0.25) is 5.76 Å². The molecule has 146 valence electrons. The van der Waals surface area contributed by atoms with Crippen LogP contribution in [0.5, 0.6) is 0 Å². The van der Waals surface area contributed by atoms with Crippen LogP contribution in [0.3, 0.4) is 0 Å². The van der Waals surface area contributed by atoms with Gasteiger partial charge in [-0.25, -0.2) is 9.97 Å². The van der Waals surface area contributed by atoms with Gasteiger partial charge in [-0.3, -0.25) is 9.59 Å². The largest absolute Gasteiger partial charge is 0.436 e. The molecule has 1 aliphatic heterocycles. The highest BCUT2D eigenvalue weighted by atomic mass is 32.1. The number of thiazole rings is 1. The van der Waals surface area contributed by atoms with E-state index in [1.54, 1.807) is 18.7 Å². The summed E-state index contributed by atoms with van der Waals surface area (Å²) < 4.78 is 5.46. The number of amides is 2. The lowest BCUT2D eigenvalue weighted by Gasteiger charge is -2.32. The van der Waals surface area contributed by atoms with Crippen molar-refractivity contribution in [3.05, 3.63) is 33.4 Å². The lowest BCUT2D eigenvalue weighted by Crippen LogP contribution is -2.43. The third kappa shape index (κ3) is 4.74. The minimum Gasteiger partial charge on any atom is -0.436 e. The summed E-state index contributed by atoms with van der Waals surface area (Å²) in [5.74, 6) is 0.793. The van der Waals surface area contributed by atoms with E-state index in [2.05, 4.69) is 22.2 Å². The van der Waals surface area contributed by atoms with Crippen LogP contribution in [-0.2, 0) is 6.42 Å². The van der Waals surface area contributed by atoms with Gasteiger partial charge in [0.05, 0.1) is 10.7 Å². The van der Waals surface area contributed by atoms with Crippen LogP contribution < -0.4 is 5.32 Å². The second-order valence-corrected chi connectivity index (χ2v) is 7.94. The van der Waals surface area contributed by atoms with E-state index in [0.29, 0.717) is 42.7 Å². The number of rotatable bonds is 6. The Bertz CT molecular complexity index is 814. The number of likely N-dealkylation sites (tertiary alicyclic amines) is 1. The highest BCUT2D eigenvalue weighted by molar-refractivity contribution is 7.09. The molecule has 1 atom stereocenters. The van der Waals surface area contributed by atoms with Gasteiger partial charge in [-0.15, -0.1) is 11.3 Å². The van der Waals surface area contributed by atoms with Crippen molar-refractivity contribution < 1.29 is 14.0 Å². The molecule has 0 spiro atoms. The molecule has 1 N–H and O–H groups in total. The summed E-state index contributed by atoms with van der Waals surface area (Å²) in [5, 5.41) is 5.78. The molecule has 2 amide bonds. The molecule has 7 nitrogen and oxygen atoms in total. The first-order valence-electron chi connectivity index (χ1n) is 9.43. The van der Waals surface area contributed by atoms with Gasteiger partial charge in [0.15, 0.2) is 5.89 Å². The normalized spacial score (nSPS) is 17.1. The average Bonchev–Trinajstić information content (AvgIpc) is 3.26. The zero-order valence-electron chi connectivity index (χ0n) is 16.1. The summed E-state index contributed by atoms with van der Waals surface area (Å²) in [6.07, 6.45) is 3.81. The monoisotopic (exact) mass is 390 g/mol. The molecule has 0 bridgehead atoms. The van der Waals surface area contributed by atoms with Gasteiger partial charge in [-0.05, 0) is 38.5 Å². The van der Waals surface area contributed by atoms with Crippen molar-refractivity contribution in [3.8, 4) is 0 Å². The third-order valence-corrected chi connectivity index (χ3v) is 5.61. The second-order valence-electron chi connectivity index (χ2n) is 6.99. The molecule has 1 unspecified atom stereocenters. The van der Waals surface area contributed by atoms with E-state index in [1.807, 2.05) is 5.38 Å². The molecule has 0 saturated carbocycles. The third-order valence-electron chi connectivity index (χ3n) is 4.70. The molecule has 3 heterocycles. The molecular weight excluding hydrogens is 364 g/mol. The van der Waals surface area contributed by atoms with Crippen LogP contribution in [0.2, 0.25) is 0 Å². The van der Waals surface area contributed by atoms with E-state index in [1.165, 1.54) is 11.3 Å². The van der Waals surface area contributed by atoms with E-state index in [0.717, 1.165) is 30.7 Å². The summed E-state index contributed by atoms with van der Waals surface area (Å²) >= 11 is 1.53. The predicted molar refractivity (Wildman–Crippen MR) is 103 cm³/mol. The average molecular weight is 391 g/mol. The van der Waals surface area contributed by atoms with E-state index in [-0.39, 0.29) is 17.7 Å². The van der Waals surface area contributed by atoms with Crippen LogP contribution in [0.4, 0.5) is 0 Å². The molecular formula is C19H26N4O3S. The minimum absolute atomic E-state index is 0.118. The molecule has 0 radical (unpaired) electrons. The Morgan fingerprint density at radius 3 is 2.89 bits per heavy atom. The topological polar surface area (TPSA) is 88.3 Å². The van der Waals surface area contributed by atoms with Crippen LogP contribution in [0.25, 0.3) is 0 Å². The lowest BCUT2D eigenvalue weighted by molar-refractivity contribution is 0.0637. The summed E-state index contributed by atoms with van der Waals surface area (Å²) in [6, 6.07) is 0. The van der Waals surface area contributed by atoms with Gasteiger partial charge < -0.3 is 14.6 Å². The quantitative estimate of drug-likeness (QED) is 0.819. The Balaban J connectivity index is 1.54. The standard InChI is InChI=1S/C19H26N4O3S/c1-4-6-16-22-15(11-27-16)18(24)20-9-14-7-5-8-23(10-14)19(25)17-12(2)21-13(3)26-17/h11,14H,4-10H2,1-3H3,(H,20,24). The molecule has 1 aliphatic rings. The van der Waals surface area contributed by atoms with E-state index < -0.39 is 0 Å². The zero-order chi connectivity index (χ0) is 19.4. The highest BCUT2D eigenvalue weighted by Crippen LogP contribution is 2.20. The number of aromatic nitrogens is 2. The van der Waals surface area contributed by atoms with Gasteiger partial charge in [-0.2, -0.15) is 0 Å². The zero-order valence-corrected chi connectivity index (χ0v) is 16.9. The molecule has 2 aromatic heterocycles. The molecule has 0 aliphatic carbocycles. The van der Waals surface area contributed by atoms with Crippen molar-refractivity contribution in [2.75, 3.05) is 19.6 Å². The number of aryl methyl sites for hydroxylation is 3. The number of carbonyl (C=O) groups excluding carboxylic acids is 2. The molecule has 1 fully saturated rings. The van der Waals surface area contributed by atoms with Crippen LogP contribution in [0.15, 0.2) is 9.80 Å². The fourth-order valence-electron chi connectivity index (χ4n) is 3.36. The van der Waals surface area contributed by atoms with Crippen LogP contribution in [0, 0.1) is 19.8 Å². The maximum atomic E-state index is 12.7. The fourth-order valence-corrected chi connectivity index (χ4v) is 4.24. The lowest BCUT2D eigenvalue weighted by atomic mass is 9.97. The predicted octanol–water partition coefficient (Wildman–Crippen LogP) is 2.98. The number of carbonyl (C=O) groups is 2. The number of hydrogen-bond donors (Lipinski definition) is 1. The smallest absolute Gasteiger partial charge is 0.291 e. The minimum atomic E-state index is -0.140. The number of piperidine rings is 1. The molecule has 27 heavy (non-hydrogen) atoms. The van der Waals surface area contributed by atoms with Gasteiger partial charge >= 0.3 is 0 Å². The first kappa shape index (κ1) is 19.5. The number of hydrogen-bond acceptors (Lipinski definition) is 6. The summed E-state index contributed by atoms with van der Waals surface area (Å²) in [6.45, 7) is 7.47. The number of oxazole rings is 1. The number of nitrogens with one attached hydrogen (secondary N) is 1. The maximum Gasteiger partial charge on any atom is 0.291 e. The van der Waals surface area contributed by atoms with Gasteiger partial charge in [0.25, 0.3) is 11.8 Å². The van der Waals surface area contributed by atoms with Crippen molar-refractivity contribution >= 4 is 23.2 Å². The summed E-state index contributed by atoms with van der Waals surface area (Å²) in [4.78, 5) is 35.4. The highest BCUT2D eigenvalue weighted by Gasteiger charge is 2.28. The molecule has 8 heteroatoms. The van der Waals surface area contributed by atoms with E-state index >= 15 is 0 Å². The van der Waals surface area contributed by atoms with E-state index in [4.69, 9.17) is 4.42 Å². The molecule has 2 aromatic rings. The first-order valence-corrected chi connectivity index (χ1v) is 10.3. The van der Waals surface area contributed by atoms with Gasteiger partial charge in [-0.1, -0.05) is 6.92 Å². The van der Waals surface area contributed by atoms with Gasteiger partial charge in [0, 0.05) is 31.9 Å². The second kappa shape index (κ2) is 8.65. The van der Waals surface area contributed by atoms with Crippen LogP contribution >= 0.6 is 11.3 Å². The van der Waals surface area contributed by atoms with Gasteiger partial charge in [0.1, 0.15) is 5.69 Å². The Morgan fingerprint density at radius 2 is 2.19 bits per heavy atom. The Morgan fingerprint density at radius 1 is 1.37 bits per heavy atom. The Hall–Kier alpha value is -2.22. The summed E-state index contributed by atoms with van der Waals surface area (Å²) in [7, 11) is 0. The molecule has 1 saturated heterocycles. The fraction of sp³-hybridized carbons (Fsp3) is 0.579. The molecule has 0 aromatic carbocycles.